The summed E-state index contributed by atoms with van der Waals surface area (Å²) in [5.41, 5.74) is 4.35. The first-order chi connectivity index (χ1) is 11.9. The van der Waals surface area contributed by atoms with Crippen LogP contribution in [-0.4, -0.2) is 11.7 Å². The van der Waals surface area contributed by atoms with E-state index in [0.29, 0.717) is 11.7 Å². The Morgan fingerprint density at radius 1 is 1.12 bits per heavy atom. The fourth-order valence-corrected chi connectivity index (χ4v) is 4.18. The van der Waals surface area contributed by atoms with Gasteiger partial charge in [0.2, 0.25) is 0 Å². The molecule has 0 saturated carbocycles. The van der Waals surface area contributed by atoms with E-state index in [1.165, 1.54) is 5.56 Å². The molecule has 25 heavy (non-hydrogen) atoms. The van der Waals surface area contributed by atoms with E-state index in [0.717, 1.165) is 36.3 Å². The van der Waals surface area contributed by atoms with Gasteiger partial charge in [-0.15, -0.1) is 0 Å². The van der Waals surface area contributed by atoms with Crippen molar-refractivity contribution in [1.29, 1.82) is 0 Å². The fraction of sp³-hybridized carbons (Fsp3) is 0.455. The Labute approximate surface area is 150 Å². The summed E-state index contributed by atoms with van der Waals surface area (Å²) < 4.78 is 6.23. The number of aromatic hydroxyl groups is 1. The first kappa shape index (κ1) is 16.5. The predicted molar refractivity (Wildman–Crippen MR) is 101 cm³/mol. The maximum absolute atomic E-state index is 10.7. The number of hydrogen-bond acceptors (Lipinski definition) is 3. The summed E-state index contributed by atoms with van der Waals surface area (Å²) in [5.74, 6) is 0.717. The molecule has 2 heterocycles. The third kappa shape index (κ3) is 2.91. The molecule has 3 heteroatoms. The van der Waals surface area contributed by atoms with E-state index in [1.54, 1.807) is 0 Å². The first-order valence-electron chi connectivity index (χ1n) is 9.25. The van der Waals surface area contributed by atoms with Gasteiger partial charge >= 0.3 is 0 Å². The monoisotopic (exact) mass is 337 g/mol. The van der Waals surface area contributed by atoms with Crippen LogP contribution in [0.2, 0.25) is 0 Å². The lowest BCUT2D eigenvalue weighted by Gasteiger charge is -2.44. The first-order valence-corrected chi connectivity index (χ1v) is 9.25. The number of benzene rings is 2. The SMILES string of the molecule is CC(C)(C)c1cc(O)c2c(c1)C1OCCCC1[C@H](c1ccccc1)N2. The van der Waals surface area contributed by atoms with Gasteiger partial charge in [0.1, 0.15) is 5.75 Å². The van der Waals surface area contributed by atoms with Gasteiger partial charge in [0, 0.05) is 18.1 Å². The predicted octanol–water partition coefficient (Wildman–Crippen LogP) is 5.32. The number of hydrogen-bond donors (Lipinski definition) is 2. The zero-order valence-electron chi connectivity index (χ0n) is 15.3. The van der Waals surface area contributed by atoms with Crippen LogP contribution in [0.3, 0.4) is 0 Å². The summed E-state index contributed by atoms with van der Waals surface area (Å²) in [7, 11) is 0. The van der Waals surface area contributed by atoms with E-state index in [-0.39, 0.29) is 17.6 Å². The van der Waals surface area contributed by atoms with Gasteiger partial charge in [-0.05, 0) is 35.4 Å². The third-order valence-corrected chi connectivity index (χ3v) is 5.58. The normalized spacial score (nSPS) is 25.6. The minimum Gasteiger partial charge on any atom is -0.506 e. The van der Waals surface area contributed by atoms with Crippen LogP contribution in [0.4, 0.5) is 5.69 Å². The molecule has 1 saturated heterocycles. The lowest BCUT2D eigenvalue weighted by molar-refractivity contribution is -0.0383. The molecule has 0 aliphatic carbocycles. The van der Waals surface area contributed by atoms with Gasteiger partial charge in [-0.2, -0.15) is 0 Å². The molecule has 2 aliphatic rings. The van der Waals surface area contributed by atoms with Crippen LogP contribution in [0.5, 0.6) is 5.75 Å². The molecule has 2 aromatic carbocycles. The van der Waals surface area contributed by atoms with Crippen molar-refractivity contribution in [3.05, 3.63) is 59.2 Å². The van der Waals surface area contributed by atoms with Gasteiger partial charge in [0.25, 0.3) is 0 Å². The smallest absolute Gasteiger partial charge is 0.139 e. The van der Waals surface area contributed by atoms with Crippen molar-refractivity contribution < 1.29 is 9.84 Å². The second-order valence-electron chi connectivity index (χ2n) is 8.34. The number of rotatable bonds is 1. The largest absolute Gasteiger partial charge is 0.506 e. The molecule has 2 aromatic rings. The molecule has 0 aromatic heterocycles. The molecule has 4 rings (SSSR count). The number of fused-ring (bicyclic) bond motifs is 3. The van der Waals surface area contributed by atoms with Crippen LogP contribution in [-0.2, 0) is 10.2 Å². The summed E-state index contributed by atoms with van der Waals surface area (Å²) in [6, 6.07) is 14.8. The molecule has 2 unspecified atom stereocenters. The second-order valence-corrected chi connectivity index (χ2v) is 8.34. The lowest BCUT2D eigenvalue weighted by atomic mass is 9.75. The van der Waals surface area contributed by atoms with Gasteiger partial charge < -0.3 is 15.2 Å². The highest BCUT2D eigenvalue weighted by Crippen LogP contribution is 2.52. The van der Waals surface area contributed by atoms with Crippen molar-refractivity contribution in [2.75, 3.05) is 11.9 Å². The maximum atomic E-state index is 10.7. The van der Waals surface area contributed by atoms with Crippen molar-refractivity contribution >= 4 is 5.69 Å². The highest BCUT2D eigenvalue weighted by atomic mass is 16.5. The van der Waals surface area contributed by atoms with Crippen molar-refractivity contribution in [3.63, 3.8) is 0 Å². The minimum atomic E-state index is -0.00699. The lowest BCUT2D eigenvalue weighted by Crippen LogP contribution is -2.36. The average Bonchev–Trinajstić information content (AvgIpc) is 2.61. The summed E-state index contributed by atoms with van der Waals surface area (Å²) in [6.07, 6.45) is 2.27. The standard InChI is InChI=1S/C22H27NO2/c1-22(2,3)15-12-17-20(18(24)13-15)23-19(14-8-5-4-6-9-14)16-10-7-11-25-21(16)17/h4-6,8-9,12-13,16,19,21,23-24H,7,10-11H2,1-3H3/t16?,19-,21?/m0/s1. The van der Waals surface area contributed by atoms with E-state index >= 15 is 0 Å². The van der Waals surface area contributed by atoms with Crippen LogP contribution in [0.1, 0.15) is 62.4 Å². The number of phenolic OH excluding ortho intramolecular Hbond substituents is 1. The summed E-state index contributed by atoms with van der Waals surface area (Å²) in [5, 5.41) is 14.4. The van der Waals surface area contributed by atoms with E-state index in [9.17, 15) is 5.11 Å². The molecule has 1 fully saturated rings. The Hall–Kier alpha value is -2.00. The quantitative estimate of drug-likeness (QED) is 0.692. The van der Waals surface area contributed by atoms with E-state index in [2.05, 4.69) is 56.4 Å². The zero-order chi connectivity index (χ0) is 17.6. The average molecular weight is 337 g/mol. The van der Waals surface area contributed by atoms with Gasteiger partial charge in [-0.25, -0.2) is 0 Å². The summed E-state index contributed by atoms with van der Waals surface area (Å²) in [4.78, 5) is 0. The molecular weight excluding hydrogens is 310 g/mol. The number of anilines is 1. The molecule has 2 aliphatic heterocycles. The Morgan fingerprint density at radius 3 is 2.60 bits per heavy atom. The molecule has 0 spiro atoms. The Bertz CT molecular complexity index is 764. The number of ether oxygens (including phenoxy) is 1. The summed E-state index contributed by atoms with van der Waals surface area (Å²) in [6.45, 7) is 7.33. The van der Waals surface area contributed by atoms with Crippen molar-refractivity contribution in [3.8, 4) is 5.75 Å². The van der Waals surface area contributed by atoms with Gasteiger partial charge in [-0.1, -0.05) is 57.2 Å². The Morgan fingerprint density at radius 2 is 1.88 bits per heavy atom. The molecule has 3 atom stereocenters. The molecule has 0 bridgehead atoms. The van der Waals surface area contributed by atoms with E-state index in [4.69, 9.17) is 4.74 Å². The van der Waals surface area contributed by atoms with Gasteiger partial charge in [-0.3, -0.25) is 0 Å². The number of phenols is 1. The van der Waals surface area contributed by atoms with E-state index in [1.807, 2.05) is 12.1 Å². The van der Waals surface area contributed by atoms with Crippen LogP contribution < -0.4 is 5.32 Å². The molecule has 3 nitrogen and oxygen atoms in total. The molecule has 0 amide bonds. The van der Waals surface area contributed by atoms with Crippen LogP contribution in [0, 0.1) is 5.92 Å². The summed E-state index contributed by atoms with van der Waals surface area (Å²) >= 11 is 0. The van der Waals surface area contributed by atoms with Gasteiger partial charge in [0.15, 0.2) is 0 Å². The van der Waals surface area contributed by atoms with Crippen LogP contribution in [0.25, 0.3) is 0 Å². The van der Waals surface area contributed by atoms with Crippen molar-refractivity contribution in [2.24, 2.45) is 5.92 Å². The zero-order valence-corrected chi connectivity index (χ0v) is 15.3. The highest BCUT2D eigenvalue weighted by molar-refractivity contribution is 5.67. The fourth-order valence-electron chi connectivity index (χ4n) is 4.18. The van der Waals surface area contributed by atoms with Crippen LogP contribution >= 0.6 is 0 Å². The van der Waals surface area contributed by atoms with Crippen LogP contribution in [0.15, 0.2) is 42.5 Å². The molecule has 132 valence electrons. The van der Waals surface area contributed by atoms with E-state index < -0.39 is 0 Å². The van der Waals surface area contributed by atoms with Crippen molar-refractivity contribution in [2.45, 2.75) is 51.2 Å². The second kappa shape index (κ2) is 6.06. The topological polar surface area (TPSA) is 41.5 Å². The Kier molecular flexibility index (Phi) is 3.99. The molecule has 0 radical (unpaired) electrons. The van der Waals surface area contributed by atoms with Gasteiger partial charge in [0.05, 0.1) is 17.8 Å². The minimum absolute atomic E-state index is 0.00699. The number of nitrogens with one attached hydrogen (secondary N) is 1. The molecular formula is C22H27NO2. The highest BCUT2D eigenvalue weighted by Gasteiger charge is 2.41. The Balaban J connectivity index is 1.83. The molecule has 2 N–H and O–H groups in total. The van der Waals surface area contributed by atoms with Crippen molar-refractivity contribution in [1.82, 2.24) is 0 Å². The maximum Gasteiger partial charge on any atom is 0.139 e. The third-order valence-electron chi connectivity index (χ3n) is 5.58.